The first-order valence-corrected chi connectivity index (χ1v) is 10.2. The van der Waals surface area contributed by atoms with Crippen LogP contribution < -0.4 is 0 Å². The fourth-order valence-corrected chi connectivity index (χ4v) is 8.19. The van der Waals surface area contributed by atoms with Crippen LogP contribution in [0, 0.1) is 40.4 Å². The Balaban J connectivity index is 1.68. The summed E-state index contributed by atoms with van der Waals surface area (Å²) in [4.78, 5) is 0. The van der Waals surface area contributed by atoms with Gasteiger partial charge in [-0.05, 0) is 85.4 Å². The number of aliphatic hydroxyl groups is 1. The van der Waals surface area contributed by atoms with Gasteiger partial charge in [-0.3, -0.25) is 0 Å². The monoisotopic (exact) mass is 304 g/mol. The Kier molecular flexibility index (Phi) is 3.68. The molecule has 0 heterocycles. The van der Waals surface area contributed by atoms with E-state index in [0.29, 0.717) is 16.7 Å². The Labute approximate surface area is 137 Å². The molecule has 8 atom stereocenters. The van der Waals surface area contributed by atoms with Crippen molar-refractivity contribution in [1.82, 2.24) is 0 Å². The number of fused-ring (bicyclic) bond motifs is 5. The maximum Gasteiger partial charge on any atom is 0.0581 e. The molecule has 4 aliphatic carbocycles. The van der Waals surface area contributed by atoms with Crippen LogP contribution in [-0.4, -0.2) is 11.2 Å². The van der Waals surface area contributed by atoms with Gasteiger partial charge in [-0.2, -0.15) is 0 Å². The second-order valence-electron chi connectivity index (χ2n) is 9.78. The summed E-state index contributed by atoms with van der Waals surface area (Å²) in [5.74, 6) is 4.12. The van der Waals surface area contributed by atoms with Gasteiger partial charge in [0.1, 0.15) is 0 Å². The molecule has 4 aliphatic rings. The summed E-state index contributed by atoms with van der Waals surface area (Å²) in [6.45, 7) is 7.47. The Hall–Kier alpha value is -0.0400. The van der Waals surface area contributed by atoms with Gasteiger partial charge < -0.3 is 5.11 Å². The lowest BCUT2D eigenvalue weighted by atomic mass is 9.44. The Morgan fingerprint density at radius 3 is 2.55 bits per heavy atom. The second kappa shape index (κ2) is 5.23. The molecule has 0 bridgehead atoms. The second-order valence-corrected chi connectivity index (χ2v) is 9.78. The first kappa shape index (κ1) is 15.5. The normalized spacial score (nSPS) is 57.8. The summed E-state index contributed by atoms with van der Waals surface area (Å²) in [5.41, 5.74) is 0.888. The molecular formula is C21H36O. The van der Waals surface area contributed by atoms with Crippen molar-refractivity contribution >= 4 is 0 Å². The van der Waals surface area contributed by atoms with Gasteiger partial charge in [0.2, 0.25) is 0 Å². The van der Waals surface area contributed by atoms with Crippen LogP contribution in [0.5, 0.6) is 0 Å². The highest BCUT2D eigenvalue weighted by Crippen LogP contribution is 2.67. The molecule has 0 unspecified atom stereocenters. The lowest BCUT2D eigenvalue weighted by molar-refractivity contribution is -0.168. The number of hydrogen-bond donors (Lipinski definition) is 1. The van der Waals surface area contributed by atoms with Gasteiger partial charge in [0.05, 0.1) is 6.10 Å². The molecule has 4 fully saturated rings. The highest BCUT2D eigenvalue weighted by Gasteiger charge is 2.62. The van der Waals surface area contributed by atoms with E-state index in [2.05, 4.69) is 20.8 Å². The summed E-state index contributed by atoms with van der Waals surface area (Å²) in [6.07, 6.45) is 13.8. The average Bonchev–Trinajstić information content (AvgIpc) is 2.82. The molecule has 0 saturated heterocycles. The fraction of sp³-hybridized carbons (Fsp3) is 1.00. The molecule has 1 heteroatoms. The molecular weight excluding hydrogens is 268 g/mol. The van der Waals surface area contributed by atoms with Gasteiger partial charge in [0, 0.05) is 0 Å². The lowest BCUT2D eigenvalue weighted by Gasteiger charge is -2.62. The van der Waals surface area contributed by atoms with Crippen LogP contribution >= 0.6 is 0 Å². The third-order valence-corrected chi connectivity index (χ3v) is 9.20. The van der Waals surface area contributed by atoms with E-state index < -0.39 is 0 Å². The maximum atomic E-state index is 11.2. The van der Waals surface area contributed by atoms with Crippen LogP contribution in [0.4, 0.5) is 0 Å². The van der Waals surface area contributed by atoms with Crippen molar-refractivity contribution in [2.24, 2.45) is 40.4 Å². The van der Waals surface area contributed by atoms with Crippen molar-refractivity contribution in [3.63, 3.8) is 0 Å². The minimum atomic E-state index is -0.0238. The van der Waals surface area contributed by atoms with Crippen LogP contribution in [0.25, 0.3) is 0 Å². The standard InChI is InChI=1S/C21H36O/c1-4-14-9-11-17-16-10-8-15-7-5-6-12-20(15,2)19(16)18(22)13-21(14,17)3/h14-19,22H,4-13H2,1-3H3/t14-,15+,16-,17-,18-,19+,20-,21+/m0/s1. The minimum Gasteiger partial charge on any atom is -0.393 e. The summed E-state index contributed by atoms with van der Waals surface area (Å²) in [7, 11) is 0. The maximum absolute atomic E-state index is 11.2. The lowest BCUT2D eigenvalue weighted by Crippen LogP contribution is -2.58. The van der Waals surface area contributed by atoms with Crippen molar-refractivity contribution in [1.29, 1.82) is 0 Å². The first-order chi connectivity index (χ1) is 10.5. The third-order valence-electron chi connectivity index (χ3n) is 9.20. The molecule has 1 N–H and O–H groups in total. The summed E-state index contributed by atoms with van der Waals surface area (Å²) in [5, 5.41) is 11.2. The average molecular weight is 305 g/mol. The molecule has 0 aromatic carbocycles. The highest BCUT2D eigenvalue weighted by molar-refractivity contribution is 5.11. The van der Waals surface area contributed by atoms with Crippen LogP contribution in [0.1, 0.15) is 85.0 Å². The van der Waals surface area contributed by atoms with Crippen molar-refractivity contribution in [3.8, 4) is 0 Å². The Bertz CT molecular complexity index is 432. The number of rotatable bonds is 1. The van der Waals surface area contributed by atoms with Gasteiger partial charge in [0.15, 0.2) is 0 Å². The molecule has 0 radical (unpaired) electrons. The van der Waals surface area contributed by atoms with Crippen molar-refractivity contribution in [2.45, 2.75) is 91.1 Å². The van der Waals surface area contributed by atoms with Gasteiger partial charge in [-0.1, -0.05) is 40.0 Å². The SMILES string of the molecule is CC[C@H]1CC[C@H]2[C@@H]3CC[C@H]4CCCC[C@]4(C)[C@H]3[C@@H](O)C[C@]12C. The zero-order valence-electron chi connectivity index (χ0n) is 15.0. The molecule has 22 heavy (non-hydrogen) atoms. The number of hydrogen-bond acceptors (Lipinski definition) is 1. The first-order valence-electron chi connectivity index (χ1n) is 10.2. The van der Waals surface area contributed by atoms with E-state index in [1.54, 1.807) is 0 Å². The summed E-state index contributed by atoms with van der Waals surface area (Å²) in [6, 6.07) is 0. The van der Waals surface area contributed by atoms with E-state index in [9.17, 15) is 5.11 Å². The van der Waals surface area contributed by atoms with Gasteiger partial charge in [-0.15, -0.1) is 0 Å². The van der Waals surface area contributed by atoms with Crippen molar-refractivity contribution < 1.29 is 5.11 Å². The Morgan fingerprint density at radius 1 is 0.955 bits per heavy atom. The zero-order chi connectivity index (χ0) is 15.5. The summed E-state index contributed by atoms with van der Waals surface area (Å²) < 4.78 is 0. The van der Waals surface area contributed by atoms with Crippen LogP contribution in [0.3, 0.4) is 0 Å². The summed E-state index contributed by atoms with van der Waals surface area (Å²) >= 11 is 0. The van der Waals surface area contributed by atoms with E-state index in [0.717, 1.165) is 30.1 Å². The molecule has 4 rings (SSSR count). The molecule has 1 nitrogen and oxygen atoms in total. The fourth-order valence-electron chi connectivity index (χ4n) is 8.19. The molecule has 0 spiro atoms. The van der Waals surface area contributed by atoms with E-state index >= 15 is 0 Å². The number of aliphatic hydroxyl groups excluding tert-OH is 1. The van der Waals surface area contributed by atoms with Crippen LogP contribution in [0.2, 0.25) is 0 Å². The van der Waals surface area contributed by atoms with E-state index in [4.69, 9.17) is 0 Å². The molecule has 126 valence electrons. The molecule has 0 aromatic rings. The van der Waals surface area contributed by atoms with Crippen LogP contribution in [-0.2, 0) is 0 Å². The predicted molar refractivity (Wildman–Crippen MR) is 91.5 cm³/mol. The van der Waals surface area contributed by atoms with Gasteiger partial charge in [0.25, 0.3) is 0 Å². The smallest absolute Gasteiger partial charge is 0.0581 e. The Morgan fingerprint density at radius 2 is 1.77 bits per heavy atom. The molecule has 0 aliphatic heterocycles. The van der Waals surface area contributed by atoms with Crippen molar-refractivity contribution in [3.05, 3.63) is 0 Å². The van der Waals surface area contributed by atoms with Gasteiger partial charge >= 0.3 is 0 Å². The topological polar surface area (TPSA) is 20.2 Å². The molecule has 0 amide bonds. The van der Waals surface area contributed by atoms with E-state index in [1.165, 1.54) is 57.8 Å². The largest absolute Gasteiger partial charge is 0.393 e. The molecule has 0 aromatic heterocycles. The quantitative estimate of drug-likeness (QED) is 0.686. The highest BCUT2D eigenvalue weighted by atomic mass is 16.3. The van der Waals surface area contributed by atoms with E-state index in [-0.39, 0.29) is 6.10 Å². The molecule has 4 saturated carbocycles. The van der Waals surface area contributed by atoms with Crippen LogP contribution in [0.15, 0.2) is 0 Å². The minimum absolute atomic E-state index is 0.0238. The predicted octanol–water partition coefficient (Wildman–Crippen LogP) is 5.42. The van der Waals surface area contributed by atoms with Gasteiger partial charge in [-0.25, -0.2) is 0 Å². The third kappa shape index (κ3) is 1.93. The van der Waals surface area contributed by atoms with E-state index in [1.807, 2.05) is 0 Å². The zero-order valence-corrected chi connectivity index (χ0v) is 15.0. The van der Waals surface area contributed by atoms with Crippen molar-refractivity contribution in [2.75, 3.05) is 0 Å².